The topological polar surface area (TPSA) is 63.6 Å². The fourth-order valence-electron chi connectivity index (χ4n) is 4.51. The van der Waals surface area contributed by atoms with E-state index < -0.39 is 11.7 Å². The van der Waals surface area contributed by atoms with E-state index in [4.69, 9.17) is 4.74 Å². The van der Waals surface area contributed by atoms with Crippen LogP contribution < -0.4 is 0 Å². The smallest absolute Gasteiger partial charge is 0.306 e. The van der Waals surface area contributed by atoms with Gasteiger partial charge in [0.05, 0.1) is 0 Å². The standard InChI is InChI=1S/C20H32O4/c1-12(2)9-18(22)24-17-7-8-19(5)11-15(21)14(13(3)4)10-16(19)20(17,6)23/h12,16-17,23H,7-11H2,1-6H3/t16-,17-,19-,20+/m1/s1. The van der Waals surface area contributed by atoms with Crippen LogP contribution in [0.1, 0.15) is 73.6 Å². The van der Waals surface area contributed by atoms with Crippen LogP contribution in [0.15, 0.2) is 11.1 Å². The molecule has 24 heavy (non-hydrogen) atoms. The molecule has 2 rings (SSSR count). The SMILES string of the molecule is CC(C)=C1C[C@@H]2[C@](C)(CC[C@@H](OC(=O)CC(C)C)[C@@]2(C)O)CC1=O. The van der Waals surface area contributed by atoms with Crippen LogP contribution in [-0.2, 0) is 14.3 Å². The number of hydrogen-bond donors (Lipinski definition) is 1. The Kier molecular flexibility index (Phi) is 5.29. The van der Waals surface area contributed by atoms with Gasteiger partial charge >= 0.3 is 5.97 Å². The van der Waals surface area contributed by atoms with Gasteiger partial charge in [-0.15, -0.1) is 0 Å². The highest BCUT2D eigenvalue weighted by atomic mass is 16.6. The summed E-state index contributed by atoms with van der Waals surface area (Å²) in [6, 6.07) is 0. The summed E-state index contributed by atoms with van der Waals surface area (Å²) in [5, 5.41) is 11.3. The summed E-state index contributed by atoms with van der Waals surface area (Å²) in [7, 11) is 0. The third-order valence-corrected chi connectivity index (χ3v) is 5.94. The zero-order valence-electron chi connectivity index (χ0n) is 15.9. The summed E-state index contributed by atoms with van der Waals surface area (Å²) in [5.41, 5.74) is 0.533. The van der Waals surface area contributed by atoms with Crippen molar-refractivity contribution in [1.82, 2.24) is 0 Å². The van der Waals surface area contributed by atoms with Gasteiger partial charge in [-0.1, -0.05) is 26.3 Å². The molecule has 0 radical (unpaired) electrons. The van der Waals surface area contributed by atoms with Crippen molar-refractivity contribution >= 4 is 11.8 Å². The van der Waals surface area contributed by atoms with Gasteiger partial charge in [-0.25, -0.2) is 0 Å². The molecule has 0 amide bonds. The molecule has 0 saturated heterocycles. The van der Waals surface area contributed by atoms with Crippen LogP contribution in [0.4, 0.5) is 0 Å². The number of Topliss-reactive ketones (excluding diaryl/α,β-unsaturated/α-hetero) is 1. The molecule has 2 fully saturated rings. The van der Waals surface area contributed by atoms with Gasteiger partial charge < -0.3 is 9.84 Å². The van der Waals surface area contributed by atoms with Crippen LogP contribution in [0.3, 0.4) is 0 Å². The maximum atomic E-state index is 12.5. The first-order chi connectivity index (χ1) is 11.0. The van der Waals surface area contributed by atoms with Crippen LogP contribution in [-0.4, -0.2) is 28.6 Å². The van der Waals surface area contributed by atoms with E-state index in [0.717, 1.165) is 17.6 Å². The number of carbonyl (C=O) groups excluding carboxylic acids is 2. The van der Waals surface area contributed by atoms with Crippen molar-refractivity contribution in [2.24, 2.45) is 17.3 Å². The highest BCUT2D eigenvalue weighted by Gasteiger charge is 2.57. The first-order valence-corrected chi connectivity index (χ1v) is 9.08. The van der Waals surface area contributed by atoms with Crippen molar-refractivity contribution in [2.75, 3.05) is 0 Å². The lowest BCUT2D eigenvalue weighted by Crippen LogP contribution is -2.59. The highest BCUT2D eigenvalue weighted by Crippen LogP contribution is 2.55. The van der Waals surface area contributed by atoms with Crippen molar-refractivity contribution in [3.63, 3.8) is 0 Å². The molecule has 0 unspecified atom stereocenters. The van der Waals surface area contributed by atoms with E-state index in [1.165, 1.54) is 0 Å². The summed E-state index contributed by atoms with van der Waals surface area (Å²) < 4.78 is 5.64. The largest absolute Gasteiger partial charge is 0.459 e. The molecule has 2 saturated carbocycles. The lowest BCUT2D eigenvalue weighted by molar-refractivity contribution is -0.200. The first-order valence-electron chi connectivity index (χ1n) is 9.08. The van der Waals surface area contributed by atoms with Crippen LogP contribution in [0.5, 0.6) is 0 Å². The molecule has 0 aromatic carbocycles. The number of ketones is 1. The zero-order valence-corrected chi connectivity index (χ0v) is 15.9. The average Bonchev–Trinajstić information content (AvgIpc) is 2.40. The third-order valence-electron chi connectivity index (χ3n) is 5.94. The Morgan fingerprint density at radius 2 is 1.96 bits per heavy atom. The molecular weight excluding hydrogens is 304 g/mol. The van der Waals surface area contributed by atoms with Crippen LogP contribution in [0.25, 0.3) is 0 Å². The summed E-state index contributed by atoms with van der Waals surface area (Å²) in [6.45, 7) is 11.7. The summed E-state index contributed by atoms with van der Waals surface area (Å²) in [4.78, 5) is 24.5. The van der Waals surface area contributed by atoms with Gasteiger partial charge in [0.2, 0.25) is 0 Å². The predicted molar refractivity (Wildman–Crippen MR) is 93.4 cm³/mol. The van der Waals surface area contributed by atoms with Gasteiger partial charge in [-0.05, 0) is 56.9 Å². The molecule has 0 aliphatic heterocycles. The molecule has 136 valence electrons. The molecule has 0 heterocycles. The van der Waals surface area contributed by atoms with E-state index >= 15 is 0 Å². The second-order valence-electron chi connectivity index (χ2n) is 8.83. The molecule has 0 spiro atoms. The van der Waals surface area contributed by atoms with E-state index in [1.807, 2.05) is 27.7 Å². The number of aliphatic hydroxyl groups is 1. The molecule has 4 heteroatoms. The van der Waals surface area contributed by atoms with Gasteiger partial charge in [-0.3, -0.25) is 9.59 Å². The van der Waals surface area contributed by atoms with Crippen LogP contribution in [0.2, 0.25) is 0 Å². The second kappa shape index (κ2) is 6.62. The van der Waals surface area contributed by atoms with Crippen LogP contribution in [0, 0.1) is 17.3 Å². The zero-order chi connectivity index (χ0) is 18.3. The second-order valence-corrected chi connectivity index (χ2v) is 8.83. The van der Waals surface area contributed by atoms with Gasteiger partial charge in [0.25, 0.3) is 0 Å². The molecule has 2 aliphatic rings. The number of esters is 1. The number of ether oxygens (including phenoxy) is 1. The minimum atomic E-state index is -1.11. The Morgan fingerprint density at radius 1 is 1.33 bits per heavy atom. The maximum absolute atomic E-state index is 12.5. The van der Waals surface area contributed by atoms with E-state index in [1.54, 1.807) is 6.92 Å². The van der Waals surface area contributed by atoms with Gasteiger partial charge in [-0.2, -0.15) is 0 Å². The molecule has 0 aromatic rings. The number of allylic oxidation sites excluding steroid dienone is 2. The fourth-order valence-corrected chi connectivity index (χ4v) is 4.51. The van der Waals surface area contributed by atoms with E-state index in [0.29, 0.717) is 25.7 Å². The maximum Gasteiger partial charge on any atom is 0.306 e. The minimum absolute atomic E-state index is 0.0711. The number of rotatable bonds is 3. The lowest BCUT2D eigenvalue weighted by Gasteiger charge is -2.55. The monoisotopic (exact) mass is 336 g/mol. The van der Waals surface area contributed by atoms with Gasteiger partial charge in [0, 0.05) is 18.8 Å². The Hall–Kier alpha value is -1.16. The summed E-state index contributed by atoms with van der Waals surface area (Å²) in [6.07, 6.45) is 2.33. The summed E-state index contributed by atoms with van der Waals surface area (Å²) in [5.74, 6) is 0.132. The Morgan fingerprint density at radius 3 is 2.50 bits per heavy atom. The fraction of sp³-hybridized carbons (Fsp3) is 0.800. The van der Waals surface area contributed by atoms with Crippen molar-refractivity contribution in [2.45, 2.75) is 85.4 Å². The predicted octanol–water partition coefficient (Wildman–Crippen LogP) is 3.81. The molecule has 0 aromatic heterocycles. The Balaban J connectivity index is 2.24. The molecule has 2 aliphatic carbocycles. The van der Waals surface area contributed by atoms with Crippen molar-refractivity contribution < 1.29 is 19.4 Å². The third kappa shape index (κ3) is 3.58. The number of hydrogen-bond acceptors (Lipinski definition) is 4. The quantitative estimate of drug-likeness (QED) is 0.629. The number of carbonyl (C=O) groups is 2. The normalized spacial score (nSPS) is 36.5. The molecule has 1 N–H and O–H groups in total. The van der Waals surface area contributed by atoms with Gasteiger partial charge in [0.1, 0.15) is 11.7 Å². The Labute approximate surface area is 145 Å². The molecule has 4 atom stereocenters. The molecular formula is C20H32O4. The van der Waals surface area contributed by atoms with Crippen LogP contribution >= 0.6 is 0 Å². The van der Waals surface area contributed by atoms with Crippen molar-refractivity contribution in [3.8, 4) is 0 Å². The van der Waals surface area contributed by atoms with E-state index in [2.05, 4.69) is 6.92 Å². The van der Waals surface area contributed by atoms with Crippen molar-refractivity contribution in [1.29, 1.82) is 0 Å². The van der Waals surface area contributed by atoms with Gasteiger partial charge in [0.15, 0.2) is 5.78 Å². The Bertz CT molecular complexity index is 554. The highest BCUT2D eigenvalue weighted by molar-refractivity contribution is 5.97. The molecule has 4 nitrogen and oxygen atoms in total. The average molecular weight is 336 g/mol. The first kappa shape index (κ1) is 19.2. The summed E-state index contributed by atoms with van der Waals surface area (Å²) >= 11 is 0. The molecule has 0 bridgehead atoms. The van der Waals surface area contributed by atoms with E-state index in [-0.39, 0.29) is 29.0 Å². The lowest BCUT2D eigenvalue weighted by atomic mass is 9.53. The van der Waals surface area contributed by atoms with Crippen molar-refractivity contribution in [3.05, 3.63) is 11.1 Å². The number of fused-ring (bicyclic) bond motifs is 1. The minimum Gasteiger partial charge on any atom is -0.459 e. The van der Waals surface area contributed by atoms with E-state index in [9.17, 15) is 14.7 Å².